The van der Waals surface area contributed by atoms with E-state index in [2.05, 4.69) is 46.9 Å². The van der Waals surface area contributed by atoms with Crippen molar-refractivity contribution < 1.29 is 0 Å². The monoisotopic (exact) mass is 257 g/mol. The van der Waals surface area contributed by atoms with Gasteiger partial charge in [0.25, 0.3) is 0 Å². The van der Waals surface area contributed by atoms with Gasteiger partial charge in [0.2, 0.25) is 0 Å². The number of aromatic nitrogens is 3. The van der Waals surface area contributed by atoms with E-state index in [-0.39, 0.29) is 11.5 Å². The third-order valence-corrected chi connectivity index (χ3v) is 4.10. The van der Waals surface area contributed by atoms with E-state index in [1.807, 2.05) is 16.9 Å². The number of nitrogens with two attached hydrogens (primary N) is 1. The largest absolute Gasteiger partial charge is 0.271 e. The van der Waals surface area contributed by atoms with E-state index in [9.17, 15) is 0 Å². The summed E-state index contributed by atoms with van der Waals surface area (Å²) in [6, 6.07) is 10.6. The lowest BCUT2D eigenvalue weighted by atomic mass is 9.86. The Hall–Kier alpha value is -1.72. The van der Waals surface area contributed by atoms with Crippen LogP contribution < -0.4 is 11.3 Å². The number of aryl methyl sites for hydroxylation is 1. The molecule has 1 atom stereocenters. The minimum atomic E-state index is 0.0600. The zero-order valence-corrected chi connectivity index (χ0v) is 11.1. The zero-order valence-electron chi connectivity index (χ0n) is 11.1. The van der Waals surface area contributed by atoms with Crippen molar-refractivity contribution in [2.75, 3.05) is 0 Å². The van der Waals surface area contributed by atoms with Crippen molar-refractivity contribution in [3.05, 3.63) is 47.8 Å². The SMILES string of the molecule is CCn1nncc1C(NN)C1(c2ccccc2)CC1. The standard InChI is InChI=1S/C14H19N5/c1-2-19-12(10-16-18-19)13(17-15)14(8-9-14)11-6-4-3-5-7-11/h3-7,10,13,17H,2,8-9,15H2,1H3. The van der Waals surface area contributed by atoms with Crippen molar-refractivity contribution in [1.82, 2.24) is 20.4 Å². The Bertz CT molecular complexity index is 544. The van der Waals surface area contributed by atoms with Crippen molar-refractivity contribution in [3.63, 3.8) is 0 Å². The summed E-state index contributed by atoms with van der Waals surface area (Å²) in [6.45, 7) is 2.87. The zero-order chi connectivity index (χ0) is 13.3. The van der Waals surface area contributed by atoms with Crippen LogP contribution in [0.4, 0.5) is 0 Å². The number of nitrogens with zero attached hydrogens (tertiary/aromatic N) is 3. The molecule has 1 unspecified atom stereocenters. The van der Waals surface area contributed by atoms with Gasteiger partial charge in [-0.25, -0.2) is 4.68 Å². The highest BCUT2D eigenvalue weighted by Crippen LogP contribution is 2.56. The highest BCUT2D eigenvalue weighted by molar-refractivity contribution is 5.36. The van der Waals surface area contributed by atoms with Crippen LogP contribution in [0.25, 0.3) is 0 Å². The van der Waals surface area contributed by atoms with Crippen molar-refractivity contribution in [2.24, 2.45) is 5.84 Å². The number of hydrogen-bond acceptors (Lipinski definition) is 4. The third-order valence-electron chi connectivity index (χ3n) is 4.10. The van der Waals surface area contributed by atoms with E-state index in [0.717, 1.165) is 25.1 Å². The van der Waals surface area contributed by atoms with Crippen LogP contribution in [0.3, 0.4) is 0 Å². The second-order valence-corrected chi connectivity index (χ2v) is 5.10. The van der Waals surface area contributed by atoms with Gasteiger partial charge in [0.15, 0.2) is 0 Å². The maximum Gasteiger partial charge on any atom is 0.0779 e. The molecule has 2 aromatic rings. The molecule has 0 aliphatic heterocycles. The predicted molar refractivity (Wildman–Crippen MR) is 73.1 cm³/mol. The van der Waals surface area contributed by atoms with Gasteiger partial charge in [0.1, 0.15) is 0 Å². The summed E-state index contributed by atoms with van der Waals surface area (Å²) in [4.78, 5) is 0. The molecule has 3 rings (SSSR count). The molecule has 0 bridgehead atoms. The molecule has 5 nitrogen and oxygen atoms in total. The first-order valence-electron chi connectivity index (χ1n) is 6.72. The Morgan fingerprint density at radius 1 is 1.37 bits per heavy atom. The average Bonchev–Trinajstić information content (AvgIpc) is 3.13. The van der Waals surface area contributed by atoms with E-state index in [0.29, 0.717) is 0 Å². The Kier molecular flexibility index (Phi) is 3.08. The van der Waals surface area contributed by atoms with Crippen molar-refractivity contribution in [3.8, 4) is 0 Å². The van der Waals surface area contributed by atoms with E-state index in [4.69, 9.17) is 5.84 Å². The first kappa shape index (κ1) is 12.3. The van der Waals surface area contributed by atoms with Crippen LogP contribution >= 0.6 is 0 Å². The Morgan fingerprint density at radius 3 is 2.68 bits per heavy atom. The quantitative estimate of drug-likeness (QED) is 0.629. The molecule has 0 spiro atoms. The molecule has 1 aromatic carbocycles. The number of nitrogens with one attached hydrogen (secondary N) is 1. The maximum absolute atomic E-state index is 5.83. The Balaban J connectivity index is 1.99. The van der Waals surface area contributed by atoms with Gasteiger partial charge >= 0.3 is 0 Å². The Labute approximate surface area is 112 Å². The molecule has 0 amide bonds. The topological polar surface area (TPSA) is 68.8 Å². The number of hydrogen-bond donors (Lipinski definition) is 2. The molecule has 1 aliphatic rings. The minimum absolute atomic E-state index is 0.0600. The highest BCUT2D eigenvalue weighted by Gasteiger charge is 2.52. The minimum Gasteiger partial charge on any atom is -0.271 e. The van der Waals surface area contributed by atoms with Crippen molar-refractivity contribution in [2.45, 2.75) is 37.8 Å². The molecular weight excluding hydrogens is 238 g/mol. The molecule has 1 heterocycles. The van der Waals surface area contributed by atoms with E-state index in [1.54, 1.807) is 0 Å². The van der Waals surface area contributed by atoms with E-state index < -0.39 is 0 Å². The van der Waals surface area contributed by atoms with Gasteiger partial charge in [0.05, 0.1) is 17.9 Å². The fourth-order valence-electron chi connectivity index (χ4n) is 2.91. The summed E-state index contributed by atoms with van der Waals surface area (Å²) in [7, 11) is 0. The molecule has 0 saturated heterocycles. The molecule has 3 N–H and O–H groups in total. The lowest BCUT2D eigenvalue weighted by Crippen LogP contribution is -2.38. The molecule has 1 aromatic heterocycles. The van der Waals surface area contributed by atoms with Crippen molar-refractivity contribution >= 4 is 0 Å². The van der Waals surface area contributed by atoms with Gasteiger partial charge in [-0.05, 0) is 25.3 Å². The van der Waals surface area contributed by atoms with Crippen molar-refractivity contribution in [1.29, 1.82) is 0 Å². The van der Waals surface area contributed by atoms with Gasteiger partial charge in [0, 0.05) is 12.0 Å². The number of benzene rings is 1. The smallest absolute Gasteiger partial charge is 0.0779 e. The second kappa shape index (κ2) is 4.75. The fraction of sp³-hybridized carbons (Fsp3) is 0.429. The molecule has 19 heavy (non-hydrogen) atoms. The van der Waals surface area contributed by atoms with E-state index in [1.165, 1.54) is 5.56 Å². The molecule has 1 fully saturated rings. The van der Waals surface area contributed by atoms with Crippen LogP contribution in [0, 0.1) is 0 Å². The number of rotatable bonds is 5. The lowest BCUT2D eigenvalue weighted by molar-refractivity contribution is 0.405. The number of hydrazine groups is 1. The summed E-state index contributed by atoms with van der Waals surface area (Å²) in [6.07, 6.45) is 4.10. The summed E-state index contributed by atoms with van der Waals surface area (Å²) in [5, 5.41) is 8.12. The maximum atomic E-state index is 5.83. The van der Waals surface area contributed by atoms with Gasteiger partial charge in [-0.15, -0.1) is 5.10 Å². The normalized spacial score (nSPS) is 18.2. The average molecular weight is 257 g/mol. The van der Waals surface area contributed by atoms with Crippen LogP contribution in [0.15, 0.2) is 36.5 Å². The Morgan fingerprint density at radius 2 is 2.11 bits per heavy atom. The molecule has 100 valence electrons. The van der Waals surface area contributed by atoms with Crippen LogP contribution in [-0.2, 0) is 12.0 Å². The summed E-state index contributed by atoms with van der Waals surface area (Å²) in [5.74, 6) is 5.83. The lowest BCUT2D eigenvalue weighted by Gasteiger charge is -2.27. The predicted octanol–water partition coefficient (Wildman–Crippen LogP) is 1.53. The highest BCUT2D eigenvalue weighted by atomic mass is 15.4. The molecular formula is C14H19N5. The van der Waals surface area contributed by atoms with Crippen LogP contribution in [-0.4, -0.2) is 15.0 Å². The first-order valence-corrected chi connectivity index (χ1v) is 6.72. The van der Waals surface area contributed by atoms with Gasteiger partial charge in [-0.1, -0.05) is 35.5 Å². The summed E-state index contributed by atoms with van der Waals surface area (Å²) >= 11 is 0. The second-order valence-electron chi connectivity index (χ2n) is 5.10. The summed E-state index contributed by atoms with van der Waals surface area (Å²) in [5.41, 5.74) is 5.46. The van der Waals surface area contributed by atoms with Crippen LogP contribution in [0.2, 0.25) is 0 Å². The van der Waals surface area contributed by atoms with Gasteiger partial charge < -0.3 is 0 Å². The molecule has 0 radical (unpaired) electrons. The molecule has 1 saturated carbocycles. The third kappa shape index (κ3) is 1.95. The van der Waals surface area contributed by atoms with Gasteiger partial charge in [-0.3, -0.25) is 11.3 Å². The summed E-state index contributed by atoms with van der Waals surface area (Å²) < 4.78 is 1.91. The molecule has 5 heteroatoms. The van der Waals surface area contributed by atoms with E-state index >= 15 is 0 Å². The van der Waals surface area contributed by atoms with Crippen LogP contribution in [0.1, 0.15) is 37.1 Å². The van der Waals surface area contributed by atoms with Crippen LogP contribution in [0.5, 0.6) is 0 Å². The molecule has 1 aliphatic carbocycles. The van der Waals surface area contributed by atoms with Gasteiger partial charge in [-0.2, -0.15) is 0 Å². The fourth-order valence-corrected chi connectivity index (χ4v) is 2.91. The first-order chi connectivity index (χ1) is 9.31.